The molecule has 3 aromatic rings. The summed E-state index contributed by atoms with van der Waals surface area (Å²) in [6.07, 6.45) is 1.41. The predicted octanol–water partition coefficient (Wildman–Crippen LogP) is 3.86. The van der Waals surface area contributed by atoms with E-state index in [0.717, 1.165) is 16.0 Å². The van der Waals surface area contributed by atoms with Crippen molar-refractivity contribution in [3.63, 3.8) is 0 Å². The van der Waals surface area contributed by atoms with Crippen molar-refractivity contribution >= 4 is 41.2 Å². The van der Waals surface area contributed by atoms with E-state index in [1.165, 1.54) is 13.2 Å². The number of carbonyl (C=O) groups is 4. The molecule has 39 heavy (non-hydrogen) atoms. The molecule has 1 saturated heterocycles. The normalized spacial score (nSPS) is 13.7. The number of carbonyl (C=O) groups excluding carboxylic acids is 4. The van der Waals surface area contributed by atoms with E-state index in [4.69, 9.17) is 9.47 Å². The second-order valence-electron chi connectivity index (χ2n) is 8.88. The van der Waals surface area contributed by atoms with Gasteiger partial charge in [0.25, 0.3) is 11.8 Å². The Morgan fingerprint density at radius 1 is 0.897 bits per heavy atom. The Bertz CT molecular complexity index is 1450. The van der Waals surface area contributed by atoms with Crippen LogP contribution in [0.4, 0.5) is 16.2 Å². The first-order valence-corrected chi connectivity index (χ1v) is 12.1. The van der Waals surface area contributed by atoms with Gasteiger partial charge in [-0.25, -0.2) is 9.69 Å². The van der Waals surface area contributed by atoms with Crippen LogP contribution in [0.3, 0.4) is 0 Å². The van der Waals surface area contributed by atoms with Crippen LogP contribution in [0.2, 0.25) is 0 Å². The Kier molecular flexibility index (Phi) is 8.25. The fourth-order valence-electron chi connectivity index (χ4n) is 3.87. The standard InChI is InChI=1S/C29H28N4O6/c1-18-10-12-21(13-11-18)30-26(35)17-39-27-20(7-5-9-24(27)38-3)15-23-28(36)33(29(37)32-23)16-25(34)31-22-8-4-6-19(2)14-22/h4-15H,16-17H2,1-3H3,(H,30,35)(H,31,34)(H,32,37)/b23-15+. The van der Waals surface area contributed by atoms with E-state index in [2.05, 4.69) is 16.0 Å². The maximum absolute atomic E-state index is 13.0. The molecule has 4 rings (SSSR count). The number of anilines is 2. The largest absolute Gasteiger partial charge is 0.493 e. The summed E-state index contributed by atoms with van der Waals surface area (Å²) in [5.41, 5.74) is 3.56. The highest BCUT2D eigenvalue weighted by molar-refractivity contribution is 6.16. The Morgan fingerprint density at radius 2 is 1.62 bits per heavy atom. The SMILES string of the molecule is COc1cccc(/C=C2/NC(=O)N(CC(=O)Nc3cccc(C)c3)C2=O)c1OCC(=O)Nc1ccc(C)cc1. The van der Waals surface area contributed by atoms with Gasteiger partial charge in [0, 0.05) is 16.9 Å². The van der Waals surface area contributed by atoms with Gasteiger partial charge in [0.15, 0.2) is 18.1 Å². The lowest BCUT2D eigenvalue weighted by atomic mass is 10.1. The molecule has 10 nitrogen and oxygen atoms in total. The van der Waals surface area contributed by atoms with Crippen LogP contribution in [0.25, 0.3) is 6.08 Å². The van der Waals surface area contributed by atoms with Crippen LogP contribution < -0.4 is 25.4 Å². The lowest BCUT2D eigenvalue weighted by Crippen LogP contribution is -2.38. The molecule has 0 spiro atoms. The third-order valence-corrected chi connectivity index (χ3v) is 5.78. The van der Waals surface area contributed by atoms with Gasteiger partial charge in [0.05, 0.1) is 7.11 Å². The summed E-state index contributed by atoms with van der Waals surface area (Å²) in [6.45, 7) is 3.05. The van der Waals surface area contributed by atoms with Crippen LogP contribution in [-0.2, 0) is 14.4 Å². The number of ether oxygens (including phenoxy) is 2. The lowest BCUT2D eigenvalue weighted by Gasteiger charge is -2.14. The van der Waals surface area contributed by atoms with Crippen molar-refractivity contribution in [3.05, 3.63) is 89.1 Å². The van der Waals surface area contributed by atoms with Gasteiger partial charge in [-0.2, -0.15) is 0 Å². The van der Waals surface area contributed by atoms with Crippen molar-refractivity contribution in [2.45, 2.75) is 13.8 Å². The molecule has 0 radical (unpaired) electrons. The van der Waals surface area contributed by atoms with E-state index in [1.54, 1.807) is 48.5 Å². The van der Waals surface area contributed by atoms with Gasteiger partial charge >= 0.3 is 6.03 Å². The van der Waals surface area contributed by atoms with Gasteiger partial charge in [0.2, 0.25) is 5.91 Å². The minimum atomic E-state index is -0.728. The topological polar surface area (TPSA) is 126 Å². The van der Waals surface area contributed by atoms with Crippen LogP contribution in [0.1, 0.15) is 16.7 Å². The third kappa shape index (κ3) is 6.80. The molecular formula is C29H28N4O6. The molecule has 3 aromatic carbocycles. The molecule has 1 heterocycles. The van der Waals surface area contributed by atoms with E-state index in [0.29, 0.717) is 22.7 Å². The second-order valence-corrected chi connectivity index (χ2v) is 8.88. The Labute approximate surface area is 225 Å². The summed E-state index contributed by atoms with van der Waals surface area (Å²) in [5.74, 6) is -1.04. The minimum Gasteiger partial charge on any atom is -0.493 e. The molecule has 3 N–H and O–H groups in total. The van der Waals surface area contributed by atoms with Gasteiger partial charge in [-0.1, -0.05) is 42.0 Å². The number of para-hydroxylation sites is 1. The summed E-state index contributed by atoms with van der Waals surface area (Å²) in [4.78, 5) is 51.3. The monoisotopic (exact) mass is 528 g/mol. The van der Waals surface area contributed by atoms with Crippen molar-refractivity contribution in [3.8, 4) is 11.5 Å². The van der Waals surface area contributed by atoms with Crippen molar-refractivity contribution in [1.82, 2.24) is 10.2 Å². The van der Waals surface area contributed by atoms with Crippen LogP contribution in [0, 0.1) is 13.8 Å². The number of methoxy groups -OCH3 is 1. The van der Waals surface area contributed by atoms with Crippen LogP contribution in [0.5, 0.6) is 11.5 Å². The van der Waals surface area contributed by atoms with Crippen LogP contribution in [-0.4, -0.2) is 48.9 Å². The van der Waals surface area contributed by atoms with E-state index >= 15 is 0 Å². The maximum Gasteiger partial charge on any atom is 0.329 e. The molecule has 0 aromatic heterocycles. The highest BCUT2D eigenvalue weighted by Crippen LogP contribution is 2.33. The highest BCUT2D eigenvalue weighted by Gasteiger charge is 2.35. The third-order valence-electron chi connectivity index (χ3n) is 5.78. The number of aryl methyl sites for hydroxylation is 2. The molecule has 10 heteroatoms. The zero-order valence-electron chi connectivity index (χ0n) is 21.7. The molecule has 0 bridgehead atoms. The average Bonchev–Trinajstić information content (AvgIpc) is 3.16. The van der Waals surface area contributed by atoms with E-state index in [1.807, 2.05) is 32.0 Å². The first-order valence-electron chi connectivity index (χ1n) is 12.1. The fraction of sp³-hybridized carbons (Fsp3) is 0.172. The van der Waals surface area contributed by atoms with E-state index in [-0.39, 0.29) is 24.0 Å². The molecule has 0 aliphatic carbocycles. The molecule has 5 amide bonds. The van der Waals surface area contributed by atoms with Gasteiger partial charge in [-0.15, -0.1) is 0 Å². The van der Waals surface area contributed by atoms with Crippen molar-refractivity contribution in [1.29, 1.82) is 0 Å². The van der Waals surface area contributed by atoms with Gasteiger partial charge in [-0.05, 0) is 55.8 Å². The first kappa shape index (κ1) is 26.9. The number of nitrogens with one attached hydrogen (secondary N) is 3. The number of rotatable bonds is 9. The number of hydrogen-bond donors (Lipinski definition) is 3. The Hall–Kier alpha value is -5.12. The summed E-state index contributed by atoms with van der Waals surface area (Å²) in [6, 6.07) is 18.7. The minimum absolute atomic E-state index is 0.0504. The Morgan fingerprint density at radius 3 is 2.33 bits per heavy atom. The highest BCUT2D eigenvalue weighted by atomic mass is 16.5. The molecule has 1 aliphatic rings. The smallest absolute Gasteiger partial charge is 0.329 e. The predicted molar refractivity (Wildman–Crippen MR) is 146 cm³/mol. The summed E-state index contributed by atoms with van der Waals surface area (Å²) in [5, 5.41) is 7.92. The molecule has 1 fully saturated rings. The van der Waals surface area contributed by atoms with Crippen molar-refractivity contribution in [2.75, 3.05) is 30.9 Å². The summed E-state index contributed by atoms with van der Waals surface area (Å²) in [7, 11) is 1.45. The van der Waals surface area contributed by atoms with Gasteiger partial charge < -0.3 is 25.4 Å². The second kappa shape index (κ2) is 12.0. The molecule has 1 aliphatic heterocycles. The number of hydrogen-bond acceptors (Lipinski definition) is 6. The zero-order chi connectivity index (χ0) is 27.9. The number of nitrogens with zero attached hydrogens (tertiary/aromatic N) is 1. The number of amides is 5. The summed E-state index contributed by atoms with van der Waals surface area (Å²) >= 11 is 0. The molecule has 0 unspecified atom stereocenters. The number of urea groups is 1. The van der Waals surface area contributed by atoms with Crippen LogP contribution in [0.15, 0.2) is 72.4 Å². The van der Waals surface area contributed by atoms with Crippen molar-refractivity contribution in [2.24, 2.45) is 0 Å². The Balaban J connectivity index is 1.46. The molecular weight excluding hydrogens is 500 g/mol. The average molecular weight is 529 g/mol. The van der Waals surface area contributed by atoms with Crippen LogP contribution >= 0.6 is 0 Å². The quantitative estimate of drug-likeness (QED) is 0.286. The summed E-state index contributed by atoms with van der Waals surface area (Å²) < 4.78 is 11.2. The number of benzene rings is 3. The van der Waals surface area contributed by atoms with Crippen molar-refractivity contribution < 1.29 is 28.7 Å². The maximum atomic E-state index is 13.0. The first-order chi connectivity index (χ1) is 18.7. The fourth-order valence-corrected chi connectivity index (χ4v) is 3.87. The van der Waals surface area contributed by atoms with Gasteiger partial charge in [0.1, 0.15) is 12.2 Å². The van der Waals surface area contributed by atoms with E-state index < -0.39 is 24.4 Å². The molecule has 200 valence electrons. The lowest BCUT2D eigenvalue weighted by molar-refractivity contribution is -0.127. The molecule has 0 saturated carbocycles. The van der Waals surface area contributed by atoms with E-state index in [9.17, 15) is 19.2 Å². The molecule has 0 atom stereocenters. The zero-order valence-corrected chi connectivity index (χ0v) is 21.7. The van der Waals surface area contributed by atoms with Gasteiger partial charge in [-0.3, -0.25) is 14.4 Å². The number of imide groups is 1.